The number of carbonyl (C=O) groups is 1. The molecule has 1 aromatic heterocycles. The van der Waals surface area contributed by atoms with Gasteiger partial charge in [-0.05, 0) is 30.7 Å². The number of thiophene rings is 1. The first kappa shape index (κ1) is 17.8. The van der Waals surface area contributed by atoms with E-state index in [-0.39, 0.29) is 11.3 Å². The lowest BCUT2D eigenvalue weighted by molar-refractivity contribution is -0.138. The highest BCUT2D eigenvalue weighted by molar-refractivity contribution is 7.09. The maximum Gasteiger partial charge on any atom is 0.230 e. The summed E-state index contributed by atoms with van der Waals surface area (Å²) in [6, 6.07) is 4.22. The summed E-state index contributed by atoms with van der Waals surface area (Å²) >= 11 is 1.77. The van der Waals surface area contributed by atoms with Gasteiger partial charge < -0.3 is 15.5 Å². The first-order chi connectivity index (χ1) is 11.1. The number of carbonyl (C=O) groups excluding carboxylic acids is 1. The van der Waals surface area contributed by atoms with Crippen molar-refractivity contribution >= 4 is 23.2 Å². The number of amides is 1. The van der Waals surface area contributed by atoms with Crippen LogP contribution in [0.25, 0.3) is 0 Å². The quantitative estimate of drug-likeness (QED) is 0.618. The van der Waals surface area contributed by atoms with E-state index in [0.29, 0.717) is 6.54 Å². The number of nitrogens with one attached hydrogen (secondary N) is 2. The van der Waals surface area contributed by atoms with Crippen LogP contribution in [0.3, 0.4) is 0 Å². The van der Waals surface area contributed by atoms with Crippen molar-refractivity contribution in [3.63, 3.8) is 0 Å². The first-order valence-corrected chi connectivity index (χ1v) is 9.14. The predicted molar refractivity (Wildman–Crippen MR) is 97.0 cm³/mol. The molecule has 23 heavy (non-hydrogen) atoms. The van der Waals surface area contributed by atoms with Gasteiger partial charge in [0.25, 0.3) is 0 Å². The Hall–Kier alpha value is -1.56. The molecule has 2 N–H and O–H groups in total. The van der Waals surface area contributed by atoms with Crippen LogP contribution in [0.4, 0.5) is 0 Å². The zero-order valence-electron chi connectivity index (χ0n) is 14.4. The van der Waals surface area contributed by atoms with Crippen molar-refractivity contribution in [2.45, 2.75) is 32.1 Å². The molecule has 1 heterocycles. The summed E-state index contributed by atoms with van der Waals surface area (Å²) in [5, 5.41) is 8.80. The Labute approximate surface area is 143 Å². The van der Waals surface area contributed by atoms with Crippen molar-refractivity contribution in [2.75, 3.05) is 34.2 Å². The monoisotopic (exact) mass is 336 g/mol. The Kier molecular flexibility index (Phi) is 6.45. The molecule has 1 amide bonds. The van der Waals surface area contributed by atoms with E-state index >= 15 is 0 Å². The Morgan fingerprint density at radius 2 is 2.09 bits per heavy atom. The summed E-state index contributed by atoms with van der Waals surface area (Å²) in [6.45, 7) is 1.50. The minimum Gasteiger partial charge on any atom is -0.356 e. The summed E-state index contributed by atoms with van der Waals surface area (Å²) in [5.41, 5.74) is -0.269. The maximum absolute atomic E-state index is 12.6. The molecule has 0 aromatic carbocycles. The molecule has 1 aliphatic rings. The fourth-order valence-electron chi connectivity index (χ4n) is 3.22. The van der Waals surface area contributed by atoms with Crippen LogP contribution >= 0.6 is 11.3 Å². The van der Waals surface area contributed by atoms with E-state index < -0.39 is 0 Å². The fraction of sp³-hybridized carbons (Fsp3) is 0.647. The SMILES string of the molecule is CN=C(NCCc1cccs1)NCC1(C(=O)N(C)C)CCCC1. The van der Waals surface area contributed by atoms with Gasteiger partial charge in [-0.2, -0.15) is 0 Å². The molecule has 6 heteroatoms. The lowest BCUT2D eigenvalue weighted by Crippen LogP contribution is -2.49. The molecule has 128 valence electrons. The number of nitrogens with zero attached hydrogens (tertiary/aromatic N) is 2. The van der Waals surface area contributed by atoms with Crippen LogP contribution in [0.1, 0.15) is 30.6 Å². The number of hydrogen-bond acceptors (Lipinski definition) is 3. The van der Waals surface area contributed by atoms with E-state index in [1.807, 2.05) is 14.1 Å². The fourth-order valence-corrected chi connectivity index (χ4v) is 3.93. The van der Waals surface area contributed by atoms with Crippen molar-refractivity contribution in [1.82, 2.24) is 15.5 Å². The number of hydrogen-bond donors (Lipinski definition) is 2. The molecule has 5 nitrogen and oxygen atoms in total. The zero-order valence-corrected chi connectivity index (χ0v) is 15.2. The highest BCUT2D eigenvalue weighted by Crippen LogP contribution is 2.38. The highest BCUT2D eigenvalue weighted by atomic mass is 32.1. The lowest BCUT2D eigenvalue weighted by atomic mass is 9.84. The zero-order chi connectivity index (χ0) is 16.7. The Morgan fingerprint density at radius 3 is 2.65 bits per heavy atom. The molecule has 0 aliphatic heterocycles. The Morgan fingerprint density at radius 1 is 1.35 bits per heavy atom. The molecule has 1 aliphatic carbocycles. The van der Waals surface area contributed by atoms with Crippen LogP contribution in [0.2, 0.25) is 0 Å². The van der Waals surface area contributed by atoms with E-state index in [9.17, 15) is 4.79 Å². The standard InChI is InChI=1S/C17H28N4OS/c1-18-16(19-11-8-14-7-6-12-23-14)20-13-17(9-4-5-10-17)15(22)21(2)3/h6-7,12H,4-5,8-11,13H2,1-3H3,(H2,18,19,20). The average molecular weight is 337 g/mol. The van der Waals surface area contributed by atoms with Crippen LogP contribution in [0, 0.1) is 5.41 Å². The summed E-state index contributed by atoms with van der Waals surface area (Å²) < 4.78 is 0. The predicted octanol–water partition coefficient (Wildman–Crippen LogP) is 2.10. The molecule has 0 radical (unpaired) electrons. The Bertz CT molecular complexity index is 519. The molecular formula is C17H28N4OS. The van der Waals surface area contributed by atoms with E-state index in [0.717, 1.165) is 44.6 Å². The molecule has 0 atom stereocenters. The van der Waals surface area contributed by atoms with Crippen LogP contribution in [0.5, 0.6) is 0 Å². The van der Waals surface area contributed by atoms with E-state index in [4.69, 9.17) is 0 Å². The van der Waals surface area contributed by atoms with Gasteiger partial charge in [0.05, 0.1) is 5.41 Å². The largest absolute Gasteiger partial charge is 0.356 e. The van der Waals surface area contributed by atoms with E-state index in [2.05, 4.69) is 33.1 Å². The van der Waals surface area contributed by atoms with Crippen molar-refractivity contribution in [2.24, 2.45) is 10.4 Å². The smallest absolute Gasteiger partial charge is 0.230 e. The lowest BCUT2D eigenvalue weighted by Gasteiger charge is -2.31. The highest BCUT2D eigenvalue weighted by Gasteiger charge is 2.42. The van der Waals surface area contributed by atoms with E-state index in [1.165, 1.54) is 4.88 Å². The second-order valence-corrected chi connectivity index (χ2v) is 7.40. The molecule has 1 saturated carbocycles. The van der Waals surface area contributed by atoms with Gasteiger partial charge in [0.15, 0.2) is 5.96 Å². The van der Waals surface area contributed by atoms with Gasteiger partial charge in [0, 0.05) is 39.1 Å². The molecule has 0 unspecified atom stereocenters. The van der Waals surface area contributed by atoms with Crippen molar-refractivity contribution < 1.29 is 4.79 Å². The number of rotatable bonds is 6. The summed E-state index contributed by atoms with van der Waals surface area (Å²) in [7, 11) is 5.46. The topological polar surface area (TPSA) is 56.7 Å². The van der Waals surface area contributed by atoms with Crippen molar-refractivity contribution in [1.29, 1.82) is 0 Å². The molecule has 1 aromatic rings. The van der Waals surface area contributed by atoms with Crippen LogP contribution in [0.15, 0.2) is 22.5 Å². The minimum absolute atomic E-state index is 0.233. The molecule has 2 rings (SSSR count). The summed E-state index contributed by atoms with van der Waals surface area (Å²) in [4.78, 5) is 19.9. The Balaban J connectivity index is 1.84. The summed E-state index contributed by atoms with van der Waals surface area (Å²) in [6.07, 6.45) is 5.17. The minimum atomic E-state index is -0.269. The number of aliphatic imine (C=N–C) groups is 1. The van der Waals surface area contributed by atoms with Gasteiger partial charge in [0.2, 0.25) is 5.91 Å². The second-order valence-electron chi connectivity index (χ2n) is 6.37. The molecule has 0 bridgehead atoms. The van der Waals surface area contributed by atoms with Gasteiger partial charge in [-0.1, -0.05) is 18.9 Å². The van der Waals surface area contributed by atoms with Gasteiger partial charge in [-0.25, -0.2) is 0 Å². The van der Waals surface area contributed by atoms with Crippen LogP contribution in [-0.4, -0.2) is 51.0 Å². The first-order valence-electron chi connectivity index (χ1n) is 8.26. The molecular weight excluding hydrogens is 308 g/mol. The third kappa shape index (κ3) is 4.70. The molecule has 0 spiro atoms. The normalized spacial score (nSPS) is 17.1. The average Bonchev–Trinajstić information content (AvgIpc) is 3.22. The van der Waals surface area contributed by atoms with Crippen LogP contribution in [-0.2, 0) is 11.2 Å². The molecule has 0 saturated heterocycles. The second kappa shape index (κ2) is 8.34. The van der Waals surface area contributed by atoms with Gasteiger partial charge >= 0.3 is 0 Å². The summed E-state index contributed by atoms with van der Waals surface area (Å²) in [5.74, 6) is 1.01. The third-order valence-corrected chi connectivity index (χ3v) is 5.42. The maximum atomic E-state index is 12.6. The molecule has 1 fully saturated rings. The third-order valence-electron chi connectivity index (χ3n) is 4.48. The van der Waals surface area contributed by atoms with Crippen molar-refractivity contribution in [3.8, 4) is 0 Å². The van der Waals surface area contributed by atoms with Gasteiger partial charge in [-0.15, -0.1) is 11.3 Å². The van der Waals surface area contributed by atoms with Crippen molar-refractivity contribution in [3.05, 3.63) is 22.4 Å². The van der Waals surface area contributed by atoms with Crippen LogP contribution < -0.4 is 10.6 Å². The van der Waals surface area contributed by atoms with E-state index in [1.54, 1.807) is 23.3 Å². The van der Waals surface area contributed by atoms with Gasteiger partial charge in [0.1, 0.15) is 0 Å². The van der Waals surface area contributed by atoms with Gasteiger partial charge in [-0.3, -0.25) is 9.79 Å². The number of guanidine groups is 1.